The average molecular weight is 733 g/mol. The first-order chi connectivity index (χ1) is 25.5. The van der Waals surface area contributed by atoms with Gasteiger partial charge >= 0.3 is 17.9 Å². The van der Waals surface area contributed by atoms with Crippen molar-refractivity contribution in [2.75, 3.05) is 13.2 Å². The number of esters is 3. The predicted octanol–water partition coefficient (Wildman–Crippen LogP) is 14.0. The van der Waals surface area contributed by atoms with Crippen LogP contribution in [0.5, 0.6) is 0 Å². The van der Waals surface area contributed by atoms with Crippen molar-refractivity contribution >= 4 is 17.9 Å². The largest absolute Gasteiger partial charge is 0.462 e. The van der Waals surface area contributed by atoms with Crippen LogP contribution in [0.1, 0.15) is 233 Å². The van der Waals surface area contributed by atoms with Gasteiger partial charge in [0.2, 0.25) is 0 Å². The van der Waals surface area contributed by atoms with E-state index in [9.17, 15) is 14.4 Å². The second-order valence-corrected chi connectivity index (χ2v) is 15.0. The molecule has 0 rings (SSSR count). The minimum atomic E-state index is -0.770. The number of rotatable bonds is 40. The van der Waals surface area contributed by atoms with E-state index in [1.54, 1.807) is 0 Å². The lowest BCUT2D eigenvalue weighted by atomic mass is 10.0. The smallest absolute Gasteiger partial charge is 0.306 e. The zero-order chi connectivity index (χ0) is 38.0. The van der Waals surface area contributed by atoms with Gasteiger partial charge in [-0.05, 0) is 64.2 Å². The molecule has 0 bridgehead atoms. The monoisotopic (exact) mass is 733 g/mol. The van der Waals surface area contributed by atoms with E-state index in [1.807, 2.05) is 0 Å². The molecule has 0 aliphatic carbocycles. The fraction of sp³-hybridized carbons (Fsp3) is 0.848. The summed E-state index contributed by atoms with van der Waals surface area (Å²) in [4.78, 5) is 37.6. The van der Waals surface area contributed by atoms with Crippen LogP contribution >= 0.6 is 0 Å². The van der Waals surface area contributed by atoms with Gasteiger partial charge in [0.15, 0.2) is 6.10 Å². The van der Waals surface area contributed by atoms with Crippen LogP contribution in [0.25, 0.3) is 0 Å². The van der Waals surface area contributed by atoms with Crippen LogP contribution in [0, 0.1) is 0 Å². The van der Waals surface area contributed by atoms with Gasteiger partial charge in [0, 0.05) is 19.3 Å². The molecule has 0 aliphatic heterocycles. The molecule has 0 amide bonds. The van der Waals surface area contributed by atoms with Crippen molar-refractivity contribution in [3.63, 3.8) is 0 Å². The summed E-state index contributed by atoms with van der Waals surface area (Å²) in [6.07, 6.45) is 44.4. The van der Waals surface area contributed by atoms with Crippen molar-refractivity contribution in [3.8, 4) is 0 Å². The zero-order valence-electron chi connectivity index (χ0n) is 34.6. The van der Waals surface area contributed by atoms with Crippen molar-refractivity contribution in [3.05, 3.63) is 24.3 Å². The Bertz CT molecular complexity index is 850. The van der Waals surface area contributed by atoms with E-state index in [4.69, 9.17) is 14.2 Å². The summed E-state index contributed by atoms with van der Waals surface area (Å²) in [7, 11) is 0. The predicted molar refractivity (Wildman–Crippen MR) is 219 cm³/mol. The lowest BCUT2D eigenvalue weighted by Crippen LogP contribution is -2.30. The molecule has 0 aromatic rings. The molecular weight excluding hydrogens is 648 g/mol. The Labute approximate surface area is 322 Å². The Kier molecular flexibility index (Phi) is 40.0. The van der Waals surface area contributed by atoms with Crippen LogP contribution in [-0.2, 0) is 28.6 Å². The topological polar surface area (TPSA) is 78.9 Å². The third-order valence-corrected chi connectivity index (χ3v) is 9.66. The first-order valence-electron chi connectivity index (χ1n) is 22.3. The van der Waals surface area contributed by atoms with E-state index in [0.29, 0.717) is 19.3 Å². The quantitative estimate of drug-likeness (QED) is 0.0270. The number of ether oxygens (including phenoxy) is 3. The number of hydrogen-bond donors (Lipinski definition) is 0. The van der Waals surface area contributed by atoms with Gasteiger partial charge in [0.25, 0.3) is 0 Å². The first-order valence-corrected chi connectivity index (χ1v) is 22.3. The molecule has 0 aromatic carbocycles. The van der Waals surface area contributed by atoms with E-state index in [1.165, 1.54) is 116 Å². The molecule has 6 heteroatoms. The van der Waals surface area contributed by atoms with Gasteiger partial charge in [-0.15, -0.1) is 0 Å². The number of unbranched alkanes of at least 4 members (excludes halogenated alkanes) is 25. The van der Waals surface area contributed by atoms with Crippen LogP contribution in [0.2, 0.25) is 0 Å². The molecule has 1 unspecified atom stereocenters. The molecule has 0 N–H and O–H groups in total. The normalized spacial score (nSPS) is 12.1. The zero-order valence-corrected chi connectivity index (χ0v) is 34.6. The highest BCUT2D eigenvalue weighted by atomic mass is 16.6. The molecule has 0 saturated carbocycles. The van der Waals surface area contributed by atoms with Gasteiger partial charge in [0.1, 0.15) is 13.2 Å². The molecule has 0 aliphatic rings. The van der Waals surface area contributed by atoms with Crippen molar-refractivity contribution in [1.82, 2.24) is 0 Å². The first kappa shape index (κ1) is 49.9. The summed E-state index contributed by atoms with van der Waals surface area (Å²) in [5.74, 6) is -0.892. The average Bonchev–Trinajstić information content (AvgIpc) is 3.14. The third kappa shape index (κ3) is 39.1. The van der Waals surface area contributed by atoms with Crippen LogP contribution in [-0.4, -0.2) is 37.2 Å². The van der Waals surface area contributed by atoms with Crippen molar-refractivity contribution < 1.29 is 28.6 Å². The minimum Gasteiger partial charge on any atom is -0.462 e. The maximum absolute atomic E-state index is 12.7. The van der Waals surface area contributed by atoms with E-state index < -0.39 is 6.10 Å². The van der Waals surface area contributed by atoms with E-state index in [2.05, 4.69) is 45.1 Å². The van der Waals surface area contributed by atoms with Gasteiger partial charge in [-0.3, -0.25) is 14.4 Å². The summed E-state index contributed by atoms with van der Waals surface area (Å²) in [6, 6.07) is 0. The molecule has 52 heavy (non-hydrogen) atoms. The molecule has 6 nitrogen and oxygen atoms in total. The summed E-state index contributed by atoms with van der Waals surface area (Å²) in [5, 5.41) is 0. The van der Waals surface area contributed by atoms with Gasteiger partial charge in [-0.1, -0.05) is 173 Å². The molecule has 0 saturated heterocycles. The van der Waals surface area contributed by atoms with Crippen molar-refractivity contribution in [1.29, 1.82) is 0 Å². The van der Waals surface area contributed by atoms with Crippen LogP contribution in [0.3, 0.4) is 0 Å². The highest BCUT2D eigenvalue weighted by molar-refractivity contribution is 5.71. The summed E-state index contributed by atoms with van der Waals surface area (Å²) in [5.41, 5.74) is 0. The number of hydrogen-bond acceptors (Lipinski definition) is 6. The highest BCUT2D eigenvalue weighted by Crippen LogP contribution is 2.14. The van der Waals surface area contributed by atoms with Crippen molar-refractivity contribution in [2.45, 2.75) is 239 Å². The maximum Gasteiger partial charge on any atom is 0.306 e. The molecule has 0 heterocycles. The van der Waals surface area contributed by atoms with Gasteiger partial charge in [0.05, 0.1) is 0 Å². The SMILES string of the molecule is CCC/C=C\CCCCCCCC(=O)OCC(COC(=O)CCCCCCC/C=C\CCCCC)OC(=O)CCCCCCCCCCCCCC. The van der Waals surface area contributed by atoms with Gasteiger partial charge in [-0.25, -0.2) is 0 Å². The highest BCUT2D eigenvalue weighted by Gasteiger charge is 2.19. The van der Waals surface area contributed by atoms with Crippen LogP contribution in [0.4, 0.5) is 0 Å². The fourth-order valence-corrected chi connectivity index (χ4v) is 6.26. The second kappa shape index (κ2) is 41.6. The minimum absolute atomic E-state index is 0.0758. The number of allylic oxidation sites excluding steroid dienone is 4. The Hall–Kier alpha value is -2.11. The van der Waals surface area contributed by atoms with E-state index in [-0.39, 0.29) is 31.1 Å². The Morgan fingerprint density at radius 3 is 1.08 bits per heavy atom. The molecule has 0 aromatic heterocycles. The Balaban J connectivity index is 4.37. The number of carbonyl (C=O) groups excluding carboxylic acids is 3. The van der Waals surface area contributed by atoms with Gasteiger partial charge in [-0.2, -0.15) is 0 Å². The molecule has 0 spiro atoms. The summed E-state index contributed by atoms with van der Waals surface area (Å²) < 4.78 is 16.7. The van der Waals surface area contributed by atoms with Crippen LogP contribution in [0.15, 0.2) is 24.3 Å². The Morgan fingerprint density at radius 1 is 0.365 bits per heavy atom. The lowest BCUT2D eigenvalue weighted by molar-refractivity contribution is -0.167. The molecule has 0 radical (unpaired) electrons. The van der Waals surface area contributed by atoms with Gasteiger partial charge < -0.3 is 14.2 Å². The molecular formula is C46H84O6. The Morgan fingerprint density at radius 2 is 0.673 bits per heavy atom. The lowest BCUT2D eigenvalue weighted by Gasteiger charge is -2.18. The standard InChI is InChI=1S/C46H84O6/c1-4-7-10-13-16-19-22-24-27-30-33-36-39-45(48)51-42-43(41-50-44(47)38-35-32-29-26-21-18-15-12-9-6-3)52-46(49)40-37-34-31-28-25-23-20-17-14-11-8-5-2/h12,15-16,19,43H,4-11,13-14,17-18,20-42H2,1-3H3/b15-12-,19-16-. The summed E-state index contributed by atoms with van der Waals surface area (Å²) >= 11 is 0. The maximum atomic E-state index is 12.7. The number of carbonyl (C=O) groups is 3. The molecule has 1 atom stereocenters. The van der Waals surface area contributed by atoms with Crippen molar-refractivity contribution in [2.24, 2.45) is 0 Å². The van der Waals surface area contributed by atoms with Crippen LogP contribution < -0.4 is 0 Å². The fourth-order valence-electron chi connectivity index (χ4n) is 6.26. The summed E-state index contributed by atoms with van der Waals surface area (Å²) in [6.45, 7) is 6.53. The second-order valence-electron chi connectivity index (χ2n) is 15.0. The third-order valence-electron chi connectivity index (χ3n) is 9.66. The van der Waals surface area contributed by atoms with E-state index >= 15 is 0 Å². The van der Waals surface area contributed by atoms with E-state index in [0.717, 1.165) is 77.0 Å². The molecule has 0 fully saturated rings. The molecule has 304 valence electrons.